The van der Waals surface area contributed by atoms with Gasteiger partial charge in [-0.1, -0.05) is 37.3 Å². The molecule has 0 atom stereocenters. The van der Waals surface area contributed by atoms with Crippen molar-refractivity contribution in [2.24, 2.45) is 0 Å². The van der Waals surface area contributed by atoms with Gasteiger partial charge in [-0.25, -0.2) is 4.79 Å². The first-order chi connectivity index (χ1) is 13.0. The number of nitrogens with zero attached hydrogens (tertiary/aromatic N) is 2. The van der Waals surface area contributed by atoms with Crippen LogP contribution >= 0.6 is 0 Å². The third-order valence-electron chi connectivity index (χ3n) is 4.37. The number of benzene rings is 1. The predicted octanol–water partition coefficient (Wildman–Crippen LogP) is 1.90. The lowest BCUT2D eigenvalue weighted by atomic mass is 10.1. The Bertz CT molecular complexity index is 680. The van der Waals surface area contributed by atoms with Crippen molar-refractivity contribution in [3.63, 3.8) is 0 Å². The zero-order chi connectivity index (χ0) is 19.6. The molecular formula is C20H27N3O4. The molecule has 1 fully saturated rings. The summed E-state index contributed by atoms with van der Waals surface area (Å²) in [6.45, 7) is 5.70. The van der Waals surface area contributed by atoms with Crippen LogP contribution in [0.25, 0.3) is 6.08 Å². The van der Waals surface area contributed by atoms with E-state index in [1.807, 2.05) is 43.3 Å². The Morgan fingerprint density at radius 3 is 2.26 bits per heavy atom. The molecule has 1 saturated heterocycles. The van der Waals surface area contributed by atoms with E-state index in [1.165, 1.54) is 0 Å². The van der Waals surface area contributed by atoms with Crippen molar-refractivity contribution in [2.45, 2.75) is 20.3 Å². The summed E-state index contributed by atoms with van der Waals surface area (Å²) in [5, 5.41) is 2.70. The SMILES string of the molecule is CCOC(=O)N1CCN(C(=O)CNC(=O)/C(=C/c2ccccc2)CC)CC1. The first-order valence-corrected chi connectivity index (χ1v) is 9.28. The lowest BCUT2D eigenvalue weighted by Gasteiger charge is -2.34. The van der Waals surface area contributed by atoms with Crippen LogP contribution in [0.1, 0.15) is 25.8 Å². The van der Waals surface area contributed by atoms with E-state index >= 15 is 0 Å². The molecule has 1 aliphatic rings. The molecule has 1 N–H and O–H groups in total. The minimum atomic E-state index is -0.350. The Labute approximate surface area is 160 Å². The minimum absolute atomic E-state index is 0.0512. The van der Waals surface area contributed by atoms with E-state index in [4.69, 9.17) is 4.74 Å². The molecule has 0 aliphatic carbocycles. The first-order valence-electron chi connectivity index (χ1n) is 9.28. The molecule has 1 heterocycles. The van der Waals surface area contributed by atoms with Crippen LogP contribution in [0.2, 0.25) is 0 Å². The van der Waals surface area contributed by atoms with E-state index in [9.17, 15) is 14.4 Å². The number of carbonyl (C=O) groups excluding carboxylic acids is 3. The van der Waals surface area contributed by atoms with Crippen molar-refractivity contribution in [2.75, 3.05) is 39.3 Å². The standard InChI is InChI=1S/C20H27N3O4/c1-3-17(14-16-8-6-5-7-9-16)19(25)21-15-18(24)22-10-12-23(13-11-22)20(26)27-4-2/h5-9,14H,3-4,10-13,15H2,1-2H3,(H,21,25)/b17-14+. The van der Waals surface area contributed by atoms with Gasteiger partial charge < -0.3 is 19.9 Å². The van der Waals surface area contributed by atoms with Crippen molar-refractivity contribution in [1.29, 1.82) is 0 Å². The van der Waals surface area contributed by atoms with E-state index in [0.29, 0.717) is 44.8 Å². The van der Waals surface area contributed by atoms with E-state index in [1.54, 1.807) is 16.7 Å². The van der Waals surface area contributed by atoms with E-state index < -0.39 is 0 Å². The Balaban J connectivity index is 1.82. The average molecular weight is 373 g/mol. The van der Waals surface area contributed by atoms with Gasteiger partial charge in [-0.15, -0.1) is 0 Å². The molecule has 7 nitrogen and oxygen atoms in total. The van der Waals surface area contributed by atoms with Crippen LogP contribution in [-0.2, 0) is 14.3 Å². The van der Waals surface area contributed by atoms with Gasteiger partial charge in [0, 0.05) is 31.8 Å². The third kappa shape index (κ3) is 6.13. The monoisotopic (exact) mass is 373 g/mol. The second-order valence-corrected chi connectivity index (χ2v) is 6.18. The van der Waals surface area contributed by atoms with Gasteiger partial charge in [-0.3, -0.25) is 9.59 Å². The fourth-order valence-electron chi connectivity index (χ4n) is 2.81. The number of piperazine rings is 1. The molecule has 0 aromatic heterocycles. The van der Waals surface area contributed by atoms with Crippen LogP contribution in [0.5, 0.6) is 0 Å². The molecule has 0 saturated carbocycles. The molecule has 3 amide bonds. The Kier molecular flexibility index (Phi) is 7.85. The molecule has 1 aromatic carbocycles. The van der Waals surface area contributed by atoms with Crippen molar-refractivity contribution >= 4 is 24.0 Å². The summed E-state index contributed by atoms with van der Waals surface area (Å²) in [5.41, 5.74) is 1.58. The number of hydrogen-bond acceptors (Lipinski definition) is 4. The highest BCUT2D eigenvalue weighted by atomic mass is 16.6. The molecule has 0 bridgehead atoms. The van der Waals surface area contributed by atoms with Gasteiger partial charge in [0.15, 0.2) is 0 Å². The van der Waals surface area contributed by atoms with Crippen molar-refractivity contribution in [1.82, 2.24) is 15.1 Å². The summed E-state index contributed by atoms with van der Waals surface area (Å²) in [4.78, 5) is 39.6. The number of carbonyl (C=O) groups is 3. The fourth-order valence-corrected chi connectivity index (χ4v) is 2.81. The number of hydrogen-bond donors (Lipinski definition) is 1. The zero-order valence-corrected chi connectivity index (χ0v) is 15.9. The van der Waals surface area contributed by atoms with Gasteiger partial charge >= 0.3 is 6.09 Å². The number of nitrogens with one attached hydrogen (secondary N) is 1. The van der Waals surface area contributed by atoms with Gasteiger partial charge in [-0.2, -0.15) is 0 Å². The van der Waals surface area contributed by atoms with Crippen molar-refractivity contribution < 1.29 is 19.1 Å². The molecule has 27 heavy (non-hydrogen) atoms. The highest BCUT2D eigenvalue weighted by molar-refractivity contribution is 5.99. The zero-order valence-electron chi connectivity index (χ0n) is 15.9. The number of ether oxygens (including phenoxy) is 1. The quantitative estimate of drug-likeness (QED) is 0.773. The average Bonchev–Trinajstić information content (AvgIpc) is 2.71. The summed E-state index contributed by atoms with van der Waals surface area (Å²) in [6.07, 6.45) is 2.06. The van der Waals surface area contributed by atoms with E-state index in [2.05, 4.69) is 5.32 Å². The topological polar surface area (TPSA) is 79.0 Å². The summed E-state index contributed by atoms with van der Waals surface area (Å²) in [7, 11) is 0. The molecule has 1 aromatic rings. The lowest BCUT2D eigenvalue weighted by Crippen LogP contribution is -2.52. The van der Waals surface area contributed by atoms with Crippen LogP contribution < -0.4 is 5.32 Å². The van der Waals surface area contributed by atoms with Crippen LogP contribution in [0, 0.1) is 0 Å². The van der Waals surface area contributed by atoms with E-state index in [-0.39, 0.29) is 24.5 Å². The molecule has 146 valence electrons. The van der Waals surface area contributed by atoms with Crippen LogP contribution in [-0.4, -0.2) is 67.0 Å². The van der Waals surface area contributed by atoms with Gasteiger partial charge in [0.25, 0.3) is 0 Å². The number of rotatable bonds is 6. The number of amides is 3. The second kappa shape index (κ2) is 10.4. The second-order valence-electron chi connectivity index (χ2n) is 6.18. The molecule has 0 radical (unpaired) electrons. The van der Waals surface area contributed by atoms with Crippen LogP contribution in [0.15, 0.2) is 35.9 Å². The Hall–Kier alpha value is -2.83. The maximum atomic E-state index is 12.4. The first kappa shape index (κ1) is 20.5. The summed E-state index contributed by atoms with van der Waals surface area (Å²) < 4.78 is 4.96. The van der Waals surface area contributed by atoms with E-state index in [0.717, 1.165) is 5.56 Å². The maximum absolute atomic E-state index is 12.4. The summed E-state index contributed by atoms with van der Waals surface area (Å²) in [6, 6.07) is 9.60. The molecule has 2 rings (SSSR count). The normalized spacial score (nSPS) is 14.7. The van der Waals surface area contributed by atoms with Gasteiger partial charge in [0.2, 0.25) is 11.8 Å². The van der Waals surface area contributed by atoms with Crippen LogP contribution in [0.4, 0.5) is 4.79 Å². The van der Waals surface area contributed by atoms with Crippen LogP contribution in [0.3, 0.4) is 0 Å². The molecular weight excluding hydrogens is 346 g/mol. The minimum Gasteiger partial charge on any atom is -0.450 e. The summed E-state index contributed by atoms with van der Waals surface area (Å²) >= 11 is 0. The fraction of sp³-hybridized carbons (Fsp3) is 0.450. The van der Waals surface area contributed by atoms with Gasteiger partial charge in [0.05, 0.1) is 13.2 Å². The lowest BCUT2D eigenvalue weighted by molar-refractivity contribution is -0.133. The molecule has 1 aliphatic heterocycles. The summed E-state index contributed by atoms with van der Waals surface area (Å²) in [5.74, 6) is -0.387. The van der Waals surface area contributed by atoms with Gasteiger partial charge in [0.1, 0.15) is 0 Å². The Morgan fingerprint density at radius 2 is 1.67 bits per heavy atom. The predicted molar refractivity (Wildman–Crippen MR) is 103 cm³/mol. The largest absolute Gasteiger partial charge is 0.450 e. The van der Waals surface area contributed by atoms with Crippen molar-refractivity contribution in [3.8, 4) is 0 Å². The molecule has 0 spiro atoms. The molecule has 7 heteroatoms. The maximum Gasteiger partial charge on any atom is 0.409 e. The highest BCUT2D eigenvalue weighted by Gasteiger charge is 2.25. The van der Waals surface area contributed by atoms with Gasteiger partial charge in [-0.05, 0) is 25.0 Å². The molecule has 0 unspecified atom stereocenters. The third-order valence-corrected chi connectivity index (χ3v) is 4.37. The highest BCUT2D eigenvalue weighted by Crippen LogP contribution is 2.10. The van der Waals surface area contributed by atoms with Crippen molar-refractivity contribution in [3.05, 3.63) is 41.5 Å². The smallest absolute Gasteiger partial charge is 0.409 e. The Morgan fingerprint density at radius 1 is 1.04 bits per heavy atom.